The van der Waals surface area contributed by atoms with E-state index in [1.165, 1.54) is 12.1 Å². The number of carbonyl (C=O) groups is 2. The molecule has 20 heavy (non-hydrogen) atoms. The molecule has 0 heterocycles. The molecule has 1 fully saturated rings. The zero-order valence-corrected chi connectivity index (χ0v) is 12.3. The SMILES string of the molecule is CN(C(=O)Nc1c(Cl)cc(C(=O)O)cc1Cl)C1CCC1. The average Bonchev–Trinajstić information content (AvgIpc) is 2.30. The van der Waals surface area contributed by atoms with Gasteiger partial charge in [0.1, 0.15) is 0 Å². The minimum absolute atomic E-state index is 0.0228. The first kappa shape index (κ1) is 14.9. The fourth-order valence-electron chi connectivity index (χ4n) is 1.95. The van der Waals surface area contributed by atoms with Crippen molar-refractivity contribution in [1.82, 2.24) is 4.90 Å². The van der Waals surface area contributed by atoms with Crippen molar-refractivity contribution in [2.24, 2.45) is 0 Å². The summed E-state index contributed by atoms with van der Waals surface area (Å²) in [7, 11) is 1.71. The maximum absolute atomic E-state index is 12.1. The van der Waals surface area contributed by atoms with Crippen molar-refractivity contribution in [3.8, 4) is 0 Å². The van der Waals surface area contributed by atoms with Crippen LogP contribution in [0.5, 0.6) is 0 Å². The van der Waals surface area contributed by atoms with Gasteiger partial charge in [0.25, 0.3) is 0 Å². The number of anilines is 1. The Kier molecular flexibility index (Phi) is 4.40. The van der Waals surface area contributed by atoms with Crippen molar-refractivity contribution in [2.45, 2.75) is 25.3 Å². The number of urea groups is 1. The van der Waals surface area contributed by atoms with Crippen LogP contribution in [0.4, 0.5) is 10.5 Å². The van der Waals surface area contributed by atoms with Crippen LogP contribution in [-0.4, -0.2) is 35.1 Å². The molecule has 0 aromatic heterocycles. The highest BCUT2D eigenvalue weighted by molar-refractivity contribution is 6.40. The largest absolute Gasteiger partial charge is 0.478 e. The van der Waals surface area contributed by atoms with Gasteiger partial charge in [-0.3, -0.25) is 0 Å². The summed E-state index contributed by atoms with van der Waals surface area (Å²) < 4.78 is 0. The van der Waals surface area contributed by atoms with E-state index < -0.39 is 5.97 Å². The van der Waals surface area contributed by atoms with Crippen LogP contribution in [0.15, 0.2) is 12.1 Å². The Labute approximate surface area is 126 Å². The van der Waals surface area contributed by atoms with Crippen LogP contribution in [0.25, 0.3) is 0 Å². The van der Waals surface area contributed by atoms with E-state index in [0.29, 0.717) is 0 Å². The smallest absolute Gasteiger partial charge is 0.335 e. The lowest BCUT2D eigenvalue weighted by molar-refractivity contribution is 0.0697. The number of nitrogens with one attached hydrogen (secondary N) is 1. The molecule has 0 unspecified atom stereocenters. The van der Waals surface area contributed by atoms with E-state index in [1.807, 2.05) is 0 Å². The summed E-state index contributed by atoms with van der Waals surface area (Å²) in [6, 6.07) is 2.45. The third kappa shape index (κ3) is 2.99. The van der Waals surface area contributed by atoms with Gasteiger partial charge >= 0.3 is 12.0 Å². The second kappa shape index (κ2) is 5.89. The Balaban J connectivity index is 2.16. The lowest BCUT2D eigenvalue weighted by Gasteiger charge is -2.34. The van der Waals surface area contributed by atoms with E-state index in [2.05, 4.69) is 5.32 Å². The first-order valence-corrected chi connectivity index (χ1v) is 6.92. The summed E-state index contributed by atoms with van der Waals surface area (Å²) in [6.07, 6.45) is 3.10. The van der Waals surface area contributed by atoms with Crippen LogP contribution in [0, 0.1) is 0 Å². The van der Waals surface area contributed by atoms with Gasteiger partial charge in [-0.1, -0.05) is 23.2 Å². The second-order valence-corrected chi connectivity index (χ2v) is 5.56. The van der Waals surface area contributed by atoms with Crippen molar-refractivity contribution in [2.75, 3.05) is 12.4 Å². The van der Waals surface area contributed by atoms with Crippen molar-refractivity contribution < 1.29 is 14.7 Å². The number of hydrogen-bond acceptors (Lipinski definition) is 2. The summed E-state index contributed by atoms with van der Waals surface area (Å²) in [5.41, 5.74) is 0.208. The van der Waals surface area contributed by atoms with Gasteiger partial charge in [-0.2, -0.15) is 0 Å². The quantitative estimate of drug-likeness (QED) is 0.893. The fourth-order valence-corrected chi connectivity index (χ4v) is 2.53. The van der Waals surface area contributed by atoms with Crippen molar-refractivity contribution in [3.63, 3.8) is 0 Å². The van der Waals surface area contributed by atoms with Gasteiger partial charge in [-0.25, -0.2) is 9.59 Å². The predicted molar refractivity (Wildman–Crippen MR) is 77.8 cm³/mol. The third-order valence-electron chi connectivity index (χ3n) is 3.46. The van der Waals surface area contributed by atoms with E-state index in [9.17, 15) is 9.59 Å². The molecule has 0 spiro atoms. The fraction of sp³-hybridized carbons (Fsp3) is 0.385. The lowest BCUT2D eigenvalue weighted by atomic mass is 9.92. The van der Waals surface area contributed by atoms with E-state index in [0.717, 1.165) is 19.3 Å². The molecule has 1 aliphatic rings. The van der Waals surface area contributed by atoms with Crippen LogP contribution >= 0.6 is 23.2 Å². The molecule has 5 nitrogen and oxygen atoms in total. The standard InChI is InChI=1S/C13H14Cl2N2O3/c1-17(8-3-2-4-8)13(20)16-11-9(14)5-7(12(18)19)6-10(11)15/h5-6,8H,2-4H2,1H3,(H,16,20)(H,18,19). The highest BCUT2D eigenvalue weighted by atomic mass is 35.5. The van der Waals surface area contributed by atoms with Crippen LogP contribution in [0.1, 0.15) is 29.6 Å². The molecule has 7 heteroatoms. The molecule has 0 aliphatic heterocycles. The molecule has 2 amide bonds. The van der Waals surface area contributed by atoms with Gasteiger partial charge in [-0.05, 0) is 31.4 Å². The first-order chi connectivity index (χ1) is 9.40. The number of halogens is 2. The molecule has 0 radical (unpaired) electrons. The number of carbonyl (C=O) groups excluding carboxylic acids is 1. The highest BCUT2D eigenvalue weighted by Gasteiger charge is 2.26. The third-order valence-corrected chi connectivity index (χ3v) is 4.06. The normalized spacial score (nSPS) is 14.6. The average molecular weight is 317 g/mol. The molecule has 2 rings (SSSR count). The predicted octanol–water partition coefficient (Wildman–Crippen LogP) is 3.71. The number of hydrogen-bond donors (Lipinski definition) is 2. The summed E-state index contributed by atoms with van der Waals surface area (Å²) in [5.74, 6) is -1.13. The lowest BCUT2D eigenvalue weighted by Crippen LogP contribution is -2.43. The molecule has 1 aliphatic carbocycles. The molecule has 0 saturated heterocycles. The number of carboxylic acids is 1. The Morgan fingerprint density at radius 3 is 2.25 bits per heavy atom. The number of amides is 2. The first-order valence-electron chi connectivity index (χ1n) is 6.16. The van der Waals surface area contributed by atoms with Crippen molar-refractivity contribution in [1.29, 1.82) is 0 Å². The highest BCUT2D eigenvalue weighted by Crippen LogP contribution is 2.33. The topological polar surface area (TPSA) is 69.6 Å². The number of carboxylic acid groups (broad SMARTS) is 1. The van der Waals surface area contributed by atoms with Crippen molar-refractivity contribution in [3.05, 3.63) is 27.7 Å². The number of nitrogens with zero attached hydrogens (tertiary/aromatic N) is 1. The summed E-state index contributed by atoms with van der Waals surface area (Å²) >= 11 is 11.9. The Hall–Kier alpha value is -1.46. The van der Waals surface area contributed by atoms with Gasteiger partial charge in [0.05, 0.1) is 21.3 Å². The molecule has 1 aromatic carbocycles. The second-order valence-electron chi connectivity index (χ2n) is 4.75. The van der Waals surface area contributed by atoms with Gasteiger partial charge in [0, 0.05) is 13.1 Å². The minimum atomic E-state index is -1.13. The number of aromatic carboxylic acids is 1. The maximum atomic E-state index is 12.1. The van der Waals surface area contributed by atoms with E-state index in [4.69, 9.17) is 28.3 Å². The van der Waals surface area contributed by atoms with Crippen LogP contribution < -0.4 is 5.32 Å². The van der Waals surface area contributed by atoms with E-state index in [1.54, 1.807) is 11.9 Å². The zero-order chi connectivity index (χ0) is 14.9. The molecule has 0 bridgehead atoms. The van der Waals surface area contributed by atoms with Gasteiger partial charge in [0.2, 0.25) is 0 Å². The number of rotatable bonds is 3. The number of benzene rings is 1. The van der Waals surface area contributed by atoms with Gasteiger partial charge in [-0.15, -0.1) is 0 Å². The van der Waals surface area contributed by atoms with E-state index in [-0.39, 0.29) is 33.4 Å². The van der Waals surface area contributed by atoms with Gasteiger partial charge < -0.3 is 15.3 Å². The van der Waals surface area contributed by atoms with Crippen LogP contribution in [0.3, 0.4) is 0 Å². The molecular formula is C13H14Cl2N2O3. The molecule has 108 valence electrons. The van der Waals surface area contributed by atoms with Crippen LogP contribution in [0.2, 0.25) is 10.0 Å². The molecule has 1 aromatic rings. The Morgan fingerprint density at radius 2 is 1.85 bits per heavy atom. The summed E-state index contributed by atoms with van der Waals surface area (Å²) in [6.45, 7) is 0. The maximum Gasteiger partial charge on any atom is 0.335 e. The van der Waals surface area contributed by atoms with Gasteiger partial charge in [0.15, 0.2) is 0 Å². The Morgan fingerprint density at radius 1 is 1.30 bits per heavy atom. The molecule has 0 atom stereocenters. The zero-order valence-electron chi connectivity index (χ0n) is 10.8. The monoisotopic (exact) mass is 316 g/mol. The van der Waals surface area contributed by atoms with Crippen LogP contribution in [-0.2, 0) is 0 Å². The molecular weight excluding hydrogens is 303 g/mol. The minimum Gasteiger partial charge on any atom is -0.478 e. The Bertz CT molecular complexity index is 536. The molecule has 1 saturated carbocycles. The van der Waals surface area contributed by atoms with Crippen molar-refractivity contribution >= 4 is 40.9 Å². The summed E-state index contributed by atoms with van der Waals surface area (Å²) in [4.78, 5) is 24.5. The van der Waals surface area contributed by atoms with E-state index >= 15 is 0 Å². The summed E-state index contributed by atoms with van der Waals surface area (Å²) in [5, 5.41) is 11.7. The molecule has 2 N–H and O–H groups in total.